The summed E-state index contributed by atoms with van der Waals surface area (Å²) >= 11 is 0. The minimum absolute atomic E-state index is 0.322. The summed E-state index contributed by atoms with van der Waals surface area (Å²) < 4.78 is 15.3. The molecule has 2 aromatic rings. The van der Waals surface area contributed by atoms with Crippen LogP contribution in [0.1, 0.15) is 12.5 Å². The van der Waals surface area contributed by atoms with E-state index in [-0.39, 0.29) is 0 Å². The van der Waals surface area contributed by atoms with E-state index in [0.717, 1.165) is 16.3 Å². The maximum Gasteiger partial charge on any atom is 0.384 e. The number of fused-ring (bicyclic) bond motifs is 1. The summed E-state index contributed by atoms with van der Waals surface area (Å²) in [6.45, 7) is 2.07. The van der Waals surface area contributed by atoms with Crippen LogP contribution in [0.2, 0.25) is 0 Å². The van der Waals surface area contributed by atoms with Gasteiger partial charge in [0.05, 0.1) is 20.8 Å². The van der Waals surface area contributed by atoms with Gasteiger partial charge in [-0.3, -0.25) is 0 Å². The Morgan fingerprint density at radius 1 is 1.05 bits per heavy atom. The Hall–Kier alpha value is -2.67. The van der Waals surface area contributed by atoms with Crippen LogP contribution in [0.15, 0.2) is 30.3 Å². The average Bonchev–Trinajstić information content (AvgIpc) is 2.51. The fourth-order valence-electron chi connectivity index (χ4n) is 1.94. The predicted octanol–water partition coefficient (Wildman–Crippen LogP) is 2.77. The van der Waals surface area contributed by atoms with Crippen LogP contribution in [0.4, 0.5) is 0 Å². The van der Waals surface area contributed by atoms with Crippen molar-refractivity contribution in [3.05, 3.63) is 35.9 Å². The molecule has 0 amide bonds. The molecular weight excluding hydrogens is 268 g/mol. The van der Waals surface area contributed by atoms with E-state index >= 15 is 0 Å². The summed E-state index contributed by atoms with van der Waals surface area (Å²) in [5.41, 5.74) is 0.739. The highest BCUT2D eigenvalue weighted by molar-refractivity contribution is 5.90. The van der Waals surface area contributed by atoms with Gasteiger partial charge in [-0.1, -0.05) is 12.0 Å². The largest absolute Gasteiger partial charge is 0.493 e. The molecule has 4 nitrogen and oxygen atoms in total. The minimum Gasteiger partial charge on any atom is -0.493 e. The first-order chi connectivity index (χ1) is 10.2. The van der Waals surface area contributed by atoms with E-state index in [4.69, 9.17) is 14.2 Å². The van der Waals surface area contributed by atoms with E-state index in [9.17, 15) is 4.79 Å². The van der Waals surface area contributed by atoms with Gasteiger partial charge in [0, 0.05) is 11.5 Å². The average molecular weight is 284 g/mol. The summed E-state index contributed by atoms with van der Waals surface area (Å²) in [6.07, 6.45) is 0. The molecule has 0 aromatic heterocycles. The van der Waals surface area contributed by atoms with Crippen molar-refractivity contribution in [2.24, 2.45) is 0 Å². The van der Waals surface area contributed by atoms with Crippen LogP contribution < -0.4 is 9.47 Å². The van der Waals surface area contributed by atoms with Crippen molar-refractivity contribution in [2.75, 3.05) is 20.8 Å². The molecule has 0 aliphatic rings. The highest BCUT2D eigenvalue weighted by Crippen LogP contribution is 2.32. The maximum absolute atomic E-state index is 11.2. The number of hydrogen-bond donors (Lipinski definition) is 0. The van der Waals surface area contributed by atoms with E-state index in [1.54, 1.807) is 21.1 Å². The number of methoxy groups -OCH3 is 2. The van der Waals surface area contributed by atoms with Crippen molar-refractivity contribution in [1.29, 1.82) is 0 Å². The van der Waals surface area contributed by atoms with E-state index < -0.39 is 5.97 Å². The van der Waals surface area contributed by atoms with Crippen LogP contribution in [0.3, 0.4) is 0 Å². The van der Waals surface area contributed by atoms with Gasteiger partial charge < -0.3 is 14.2 Å². The summed E-state index contributed by atoms with van der Waals surface area (Å²) in [4.78, 5) is 11.2. The van der Waals surface area contributed by atoms with Crippen LogP contribution in [0.5, 0.6) is 11.5 Å². The van der Waals surface area contributed by atoms with Crippen molar-refractivity contribution in [2.45, 2.75) is 6.92 Å². The van der Waals surface area contributed by atoms with Crippen molar-refractivity contribution in [1.82, 2.24) is 0 Å². The molecule has 0 spiro atoms. The summed E-state index contributed by atoms with van der Waals surface area (Å²) in [6, 6.07) is 9.44. The van der Waals surface area contributed by atoms with Crippen LogP contribution in [0, 0.1) is 11.8 Å². The van der Waals surface area contributed by atoms with Gasteiger partial charge in [0.1, 0.15) is 0 Å². The fraction of sp³-hybridized carbons (Fsp3) is 0.235. The molecule has 0 aliphatic carbocycles. The number of benzene rings is 2. The Bertz CT molecular complexity index is 723. The van der Waals surface area contributed by atoms with Gasteiger partial charge in [-0.2, -0.15) is 0 Å². The Morgan fingerprint density at radius 2 is 1.71 bits per heavy atom. The second-order valence-electron chi connectivity index (χ2n) is 4.24. The normalized spacial score (nSPS) is 9.67. The van der Waals surface area contributed by atoms with Gasteiger partial charge in [0.2, 0.25) is 0 Å². The molecule has 0 heterocycles. The lowest BCUT2D eigenvalue weighted by Gasteiger charge is -2.09. The second-order valence-corrected chi connectivity index (χ2v) is 4.24. The number of carbonyl (C=O) groups is 1. The number of hydrogen-bond acceptors (Lipinski definition) is 4. The third kappa shape index (κ3) is 3.46. The zero-order valence-corrected chi connectivity index (χ0v) is 12.2. The number of ether oxygens (including phenoxy) is 3. The molecule has 4 heteroatoms. The lowest BCUT2D eigenvalue weighted by molar-refractivity contribution is -0.136. The lowest BCUT2D eigenvalue weighted by Crippen LogP contribution is -1.99. The third-order valence-corrected chi connectivity index (χ3v) is 2.93. The molecule has 0 saturated heterocycles. The first-order valence-corrected chi connectivity index (χ1v) is 6.52. The standard InChI is InChI=1S/C17H16O4/c1-4-21-17(18)8-6-12-5-7-13-10-15(19-2)16(20-3)11-14(13)9-12/h5,7,9-11H,4H2,1-3H3. The Morgan fingerprint density at radius 3 is 2.33 bits per heavy atom. The van der Waals surface area contributed by atoms with Crippen LogP contribution >= 0.6 is 0 Å². The zero-order chi connectivity index (χ0) is 15.2. The minimum atomic E-state index is -0.523. The van der Waals surface area contributed by atoms with Gasteiger partial charge in [0.15, 0.2) is 11.5 Å². The van der Waals surface area contributed by atoms with Gasteiger partial charge in [-0.15, -0.1) is 0 Å². The maximum atomic E-state index is 11.2. The topological polar surface area (TPSA) is 44.8 Å². The molecule has 0 saturated carbocycles. The van der Waals surface area contributed by atoms with Gasteiger partial charge >= 0.3 is 5.97 Å². The smallest absolute Gasteiger partial charge is 0.384 e. The highest BCUT2D eigenvalue weighted by Gasteiger charge is 2.06. The van der Waals surface area contributed by atoms with Gasteiger partial charge in [-0.25, -0.2) is 4.79 Å². The van der Waals surface area contributed by atoms with Crippen LogP contribution in [-0.2, 0) is 9.53 Å². The van der Waals surface area contributed by atoms with E-state index in [0.29, 0.717) is 18.1 Å². The molecule has 21 heavy (non-hydrogen) atoms. The van der Waals surface area contributed by atoms with Gasteiger partial charge in [-0.05, 0) is 42.0 Å². The molecular formula is C17H16O4. The monoisotopic (exact) mass is 284 g/mol. The van der Waals surface area contributed by atoms with E-state index in [1.807, 2.05) is 30.3 Å². The molecule has 0 aliphatic heterocycles. The molecule has 0 atom stereocenters. The third-order valence-electron chi connectivity index (χ3n) is 2.93. The van der Waals surface area contributed by atoms with Crippen LogP contribution in [-0.4, -0.2) is 26.8 Å². The molecule has 0 unspecified atom stereocenters. The molecule has 0 bridgehead atoms. The first-order valence-electron chi connectivity index (χ1n) is 6.52. The van der Waals surface area contributed by atoms with E-state index in [1.165, 1.54) is 0 Å². The SMILES string of the molecule is CCOC(=O)C#Cc1ccc2cc(OC)c(OC)cc2c1. The zero-order valence-electron chi connectivity index (χ0n) is 12.2. The first kappa shape index (κ1) is 14.7. The Labute approximate surface area is 123 Å². The van der Waals surface area contributed by atoms with Gasteiger partial charge in [0.25, 0.3) is 0 Å². The molecule has 0 fully saturated rings. The molecule has 0 radical (unpaired) electrons. The predicted molar refractivity (Wildman–Crippen MR) is 80.6 cm³/mol. The van der Waals surface area contributed by atoms with E-state index in [2.05, 4.69) is 11.8 Å². The quantitative estimate of drug-likeness (QED) is 0.642. The molecule has 0 N–H and O–H groups in total. The molecule has 2 aromatic carbocycles. The molecule has 108 valence electrons. The Balaban J connectivity index is 2.39. The summed E-state index contributed by atoms with van der Waals surface area (Å²) in [7, 11) is 3.19. The molecule has 2 rings (SSSR count). The van der Waals surface area contributed by atoms with Crippen molar-refractivity contribution in [3.8, 4) is 23.3 Å². The van der Waals surface area contributed by atoms with Crippen LogP contribution in [0.25, 0.3) is 10.8 Å². The summed E-state index contributed by atoms with van der Waals surface area (Å²) in [5, 5.41) is 1.97. The Kier molecular flexibility index (Phi) is 4.68. The second kappa shape index (κ2) is 6.67. The summed E-state index contributed by atoms with van der Waals surface area (Å²) in [5.74, 6) is 6.05. The fourth-order valence-corrected chi connectivity index (χ4v) is 1.94. The van der Waals surface area contributed by atoms with Crippen molar-refractivity contribution >= 4 is 16.7 Å². The number of carbonyl (C=O) groups excluding carboxylic acids is 1. The van der Waals surface area contributed by atoms with Crippen molar-refractivity contribution < 1.29 is 19.0 Å². The number of esters is 1. The highest BCUT2D eigenvalue weighted by atomic mass is 16.5. The van der Waals surface area contributed by atoms with Crippen molar-refractivity contribution in [3.63, 3.8) is 0 Å². The number of rotatable bonds is 3. The lowest BCUT2D eigenvalue weighted by atomic mass is 10.1.